The second-order valence-corrected chi connectivity index (χ2v) is 8.06. The summed E-state index contributed by atoms with van der Waals surface area (Å²) >= 11 is 0. The lowest BCUT2D eigenvalue weighted by Crippen LogP contribution is -2.48. The number of furan rings is 1. The number of amides is 2. The van der Waals surface area contributed by atoms with Gasteiger partial charge in [-0.25, -0.2) is 0 Å². The monoisotopic (exact) mass is 369 g/mol. The van der Waals surface area contributed by atoms with Crippen LogP contribution in [0.2, 0.25) is 0 Å². The Morgan fingerprint density at radius 1 is 1.26 bits per heavy atom. The van der Waals surface area contributed by atoms with Crippen molar-refractivity contribution in [2.24, 2.45) is 11.8 Å². The largest absolute Gasteiger partial charge is 0.472 e. The van der Waals surface area contributed by atoms with Crippen molar-refractivity contribution in [3.05, 3.63) is 48.2 Å². The van der Waals surface area contributed by atoms with E-state index in [2.05, 4.69) is 24.5 Å². The molecule has 0 saturated heterocycles. The molecule has 0 radical (unpaired) electrons. The fraction of sp³-hybridized carbons (Fsp3) is 0.524. The molecule has 1 saturated carbocycles. The second kappa shape index (κ2) is 7.25. The van der Waals surface area contributed by atoms with Gasteiger partial charge in [-0.05, 0) is 37.0 Å². The standard InChI is InChI=1S/C21H27N3O3/c1-15(2)12-23(21(26)16-5-6-16)13-19(25)24-10-9-22-8-3-4-18(22)20(24)17-7-11-27-14-17/h3-4,7-8,11,14-16,20H,5-6,9-10,12-13H2,1-2H3/t20-/m0/s1. The average Bonchev–Trinajstić information content (AvgIpc) is 3.15. The van der Waals surface area contributed by atoms with Crippen molar-refractivity contribution in [2.75, 3.05) is 19.6 Å². The SMILES string of the molecule is CC(C)CN(CC(=O)N1CCn2cccc2[C@@H]1c1ccoc1)C(=O)C1CC1. The molecule has 0 spiro atoms. The zero-order valence-corrected chi connectivity index (χ0v) is 16.0. The number of carbonyl (C=O) groups excluding carboxylic acids is 2. The molecule has 1 aliphatic carbocycles. The fourth-order valence-electron chi connectivity index (χ4n) is 3.95. The Morgan fingerprint density at radius 3 is 2.74 bits per heavy atom. The Morgan fingerprint density at radius 2 is 2.07 bits per heavy atom. The predicted molar refractivity (Wildman–Crippen MR) is 101 cm³/mol. The van der Waals surface area contributed by atoms with Crippen molar-refractivity contribution in [2.45, 2.75) is 39.3 Å². The molecule has 0 unspecified atom stereocenters. The van der Waals surface area contributed by atoms with Crippen LogP contribution in [0.1, 0.15) is 44.0 Å². The molecule has 4 rings (SSSR count). The molecule has 2 aliphatic rings. The number of rotatable bonds is 6. The van der Waals surface area contributed by atoms with E-state index < -0.39 is 0 Å². The van der Waals surface area contributed by atoms with Crippen LogP contribution in [-0.4, -0.2) is 45.8 Å². The van der Waals surface area contributed by atoms with E-state index in [0.29, 0.717) is 19.0 Å². The van der Waals surface area contributed by atoms with Crippen molar-refractivity contribution in [1.29, 1.82) is 0 Å². The van der Waals surface area contributed by atoms with Gasteiger partial charge in [0.15, 0.2) is 0 Å². The molecule has 1 fully saturated rings. The van der Waals surface area contributed by atoms with Crippen molar-refractivity contribution in [3.8, 4) is 0 Å². The maximum Gasteiger partial charge on any atom is 0.243 e. The van der Waals surface area contributed by atoms with E-state index >= 15 is 0 Å². The highest BCUT2D eigenvalue weighted by Crippen LogP contribution is 2.34. The van der Waals surface area contributed by atoms with Crippen LogP contribution in [0.4, 0.5) is 0 Å². The molecule has 2 aromatic heterocycles. The van der Waals surface area contributed by atoms with Gasteiger partial charge in [0, 0.05) is 43.0 Å². The lowest BCUT2D eigenvalue weighted by atomic mass is 10.0. The number of aromatic nitrogens is 1. The Hall–Kier alpha value is -2.50. The topological polar surface area (TPSA) is 58.7 Å². The zero-order chi connectivity index (χ0) is 19.0. The van der Waals surface area contributed by atoms with Crippen LogP contribution in [0.15, 0.2) is 41.3 Å². The third-order valence-electron chi connectivity index (χ3n) is 5.37. The first kappa shape index (κ1) is 17.9. The summed E-state index contributed by atoms with van der Waals surface area (Å²) in [6.45, 7) is 6.34. The molecule has 1 aliphatic heterocycles. The molecular formula is C21H27N3O3. The van der Waals surface area contributed by atoms with E-state index in [4.69, 9.17) is 4.42 Å². The highest BCUT2D eigenvalue weighted by atomic mass is 16.3. The fourth-order valence-corrected chi connectivity index (χ4v) is 3.95. The molecule has 3 heterocycles. The molecule has 0 aromatic carbocycles. The normalized spacial score (nSPS) is 19.2. The van der Waals surface area contributed by atoms with Crippen molar-refractivity contribution < 1.29 is 14.0 Å². The minimum absolute atomic E-state index is 0.00306. The molecule has 0 bridgehead atoms. The van der Waals surface area contributed by atoms with Gasteiger partial charge in [-0.1, -0.05) is 13.8 Å². The summed E-state index contributed by atoms with van der Waals surface area (Å²) in [6.07, 6.45) is 7.30. The van der Waals surface area contributed by atoms with Crippen LogP contribution in [-0.2, 0) is 16.1 Å². The van der Waals surface area contributed by atoms with Gasteiger partial charge in [-0.2, -0.15) is 0 Å². The van der Waals surface area contributed by atoms with Gasteiger partial charge >= 0.3 is 0 Å². The van der Waals surface area contributed by atoms with Gasteiger partial charge in [-0.15, -0.1) is 0 Å². The summed E-state index contributed by atoms with van der Waals surface area (Å²) in [5, 5.41) is 0. The van der Waals surface area contributed by atoms with Crippen LogP contribution in [0.25, 0.3) is 0 Å². The smallest absolute Gasteiger partial charge is 0.243 e. The maximum atomic E-state index is 13.3. The summed E-state index contributed by atoms with van der Waals surface area (Å²) in [4.78, 5) is 29.6. The van der Waals surface area contributed by atoms with Gasteiger partial charge < -0.3 is 18.8 Å². The van der Waals surface area contributed by atoms with Crippen molar-refractivity contribution in [1.82, 2.24) is 14.4 Å². The van der Waals surface area contributed by atoms with Gasteiger partial charge in [0.25, 0.3) is 0 Å². The van der Waals surface area contributed by atoms with Crippen molar-refractivity contribution >= 4 is 11.8 Å². The predicted octanol–water partition coefficient (Wildman–Crippen LogP) is 2.91. The van der Waals surface area contributed by atoms with Crippen molar-refractivity contribution in [3.63, 3.8) is 0 Å². The van der Waals surface area contributed by atoms with E-state index in [0.717, 1.165) is 30.6 Å². The van der Waals surface area contributed by atoms with Crippen LogP contribution < -0.4 is 0 Å². The maximum absolute atomic E-state index is 13.3. The van der Waals surface area contributed by atoms with Gasteiger partial charge in [-0.3, -0.25) is 9.59 Å². The van der Waals surface area contributed by atoms with E-state index in [1.807, 2.05) is 23.2 Å². The Balaban J connectivity index is 1.56. The third kappa shape index (κ3) is 3.66. The number of nitrogens with zero attached hydrogens (tertiary/aromatic N) is 3. The zero-order valence-electron chi connectivity index (χ0n) is 16.0. The molecule has 6 nitrogen and oxygen atoms in total. The summed E-state index contributed by atoms with van der Waals surface area (Å²) in [5.74, 6) is 0.601. The molecule has 0 N–H and O–H groups in total. The Labute approximate surface area is 159 Å². The molecule has 27 heavy (non-hydrogen) atoms. The Kier molecular flexibility index (Phi) is 4.81. The summed E-state index contributed by atoms with van der Waals surface area (Å²) in [6, 6.07) is 5.81. The molecule has 6 heteroatoms. The molecule has 2 aromatic rings. The van der Waals surface area contributed by atoms with Gasteiger partial charge in [0.05, 0.1) is 19.1 Å². The van der Waals surface area contributed by atoms with E-state index in [1.165, 1.54) is 0 Å². The van der Waals surface area contributed by atoms with E-state index in [-0.39, 0.29) is 30.3 Å². The highest BCUT2D eigenvalue weighted by molar-refractivity contribution is 5.87. The first-order chi connectivity index (χ1) is 13.0. The first-order valence-corrected chi connectivity index (χ1v) is 9.80. The van der Waals surface area contributed by atoms with Crippen LogP contribution in [0.3, 0.4) is 0 Å². The second-order valence-electron chi connectivity index (χ2n) is 8.06. The first-order valence-electron chi connectivity index (χ1n) is 9.80. The molecular weight excluding hydrogens is 342 g/mol. The van der Waals surface area contributed by atoms with Gasteiger partial charge in [0.1, 0.15) is 6.04 Å². The number of fused-ring (bicyclic) bond motifs is 1. The van der Waals surface area contributed by atoms with Crippen LogP contribution >= 0.6 is 0 Å². The van der Waals surface area contributed by atoms with Crippen LogP contribution in [0.5, 0.6) is 0 Å². The number of hydrogen-bond donors (Lipinski definition) is 0. The summed E-state index contributed by atoms with van der Waals surface area (Å²) < 4.78 is 7.47. The van der Waals surface area contributed by atoms with Gasteiger partial charge in [0.2, 0.25) is 11.8 Å². The summed E-state index contributed by atoms with van der Waals surface area (Å²) in [5.41, 5.74) is 2.05. The Bertz CT molecular complexity index is 805. The highest BCUT2D eigenvalue weighted by Gasteiger charge is 2.37. The number of carbonyl (C=O) groups is 2. The molecule has 1 atom stereocenters. The lowest BCUT2D eigenvalue weighted by molar-refractivity contribution is -0.143. The minimum atomic E-state index is -0.170. The lowest BCUT2D eigenvalue weighted by Gasteiger charge is -2.38. The van der Waals surface area contributed by atoms with E-state index in [1.54, 1.807) is 17.4 Å². The third-order valence-corrected chi connectivity index (χ3v) is 5.37. The average molecular weight is 369 g/mol. The molecule has 2 amide bonds. The quantitative estimate of drug-likeness (QED) is 0.787. The molecule has 144 valence electrons. The van der Waals surface area contributed by atoms with Crippen LogP contribution in [0, 0.1) is 11.8 Å². The number of hydrogen-bond acceptors (Lipinski definition) is 3. The minimum Gasteiger partial charge on any atom is -0.472 e. The summed E-state index contributed by atoms with van der Waals surface area (Å²) in [7, 11) is 0. The van der Waals surface area contributed by atoms with E-state index in [9.17, 15) is 9.59 Å².